The third-order valence-corrected chi connectivity index (χ3v) is 2.05. The summed E-state index contributed by atoms with van der Waals surface area (Å²) < 4.78 is 10.6. The van der Waals surface area contributed by atoms with Gasteiger partial charge in [-0.15, -0.1) is 5.10 Å². The Labute approximate surface area is 114 Å². The Balaban J connectivity index is 2.65. The lowest BCUT2D eigenvalue weighted by molar-refractivity contribution is -0.159. The van der Waals surface area contributed by atoms with E-state index in [4.69, 9.17) is 9.47 Å². The molecule has 0 saturated heterocycles. The summed E-state index contributed by atoms with van der Waals surface area (Å²) in [5, 5.41) is 12.4. The molecule has 1 N–H and O–H groups in total. The van der Waals surface area contributed by atoms with Gasteiger partial charge in [-0.1, -0.05) is 0 Å². The predicted molar refractivity (Wildman–Crippen MR) is 63.0 cm³/mol. The van der Waals surface area contributed by atoms with Gasteiger partial charge in [-0.25, -0.2) is 14.3 Å². The van der Waals surface area contributed by atoms with Gasteiger partial charge in [-0.2, -0.15) is 0 Å². The minimum Gasteiger partial charge on any atom is -0.464 e. The number of ether oxygens (including phenoxy) is 2. The number of tetrazole rings is 1. The van der Waals surface area contributed by atoms with E-state index < -0.39 is 23.9 Å². The van der Waals surface area contributed by atoms with Crippen LogP contribution < -0.4 is 5.32 Å². The summed E-state index contributed by atoms with van der Waals surface area (Å²) in [5.74, 6) is -2.38. The van der Waals surface area contributed by atoms with Crippen LogP contribution in [-0.2, 0) is 30.4 Å². The second-order valence-electron chi connectivity index (χ2n) is 3.51. The molecule has 110 valence electrons. The predicted octanol–water partition coefficient (Wildman–Crippen LogP) is -1.72. The summed E-state index contributed by atoms with van der Waals surface area (Å²) in [6.07, 6.45) is 1.23. The second-order valence-corrected chi connectivity index (χ2v) is 3.51. The maximum absolute atomic E-state index is 11.7. The lowest BCUT2D eigenvalue weighted by atomic mass is 10.3. The second kappa shape index (κ2) is 7.81. The smallest absolute Gasteiger partial charge is 0.340 e. The van der Waals surface area contributed by atoms with Crippen molar-refractivity contribution in [1.29, 1.82) is 0 Å². The lowest BCUT2D eigenvalue weighted by Gasteiger charge is -2.15. The van der Waals surface area contributed by atoms with Crippen molar-refractivity contribution < 1.29 is 23.9 Å². The van der Waals surface area contributed by atoms with Gasteiger partial charge in [0.2, 0.25) is 11.9 Å². The molecule has 20 heavy (non-hydrogen) atoms. The normalized spacial score (nSPS) is 10.2. The molecule has 10 nitrogen and oxygen atoms in total. The Morgan fingerprint density at radius 2 is 1.80 bits per heavy atom. The van der Waals surface area contributed by atoms with Crippen LogP contribution in [0.1, 0.15) is 13.8 Å². The first kappa shape index (κ1) is 15.5. The molecule has 0 fully saturated rings. The number of rotatable bonds is 7. The number of aromatic nitrogens is 4. The van der Waals surface area contributed by atoms with Crippen molar-refractivity contribution in [3.63, 3.8) is 0 Å². The minimum atomic E-state index is -1.50. The molecule has 0 aliphatic heterocycles. The first-order chi connectivity index (χ1) is 9.58. The highest BCUT2D eigenvalue weighted by Crippen LogP contribution is 1.95. The largest absolute Gasteiger partial charge is 0.464 e. The van der Waals surface area contributed by atoms with E-state index in [9.17, 15) is 14.4 Å². The molecule has 1 heterocycles. The molecule has 1 aromatic heterocycles. The van der Waals surface area contributed by atoms with E-state index in [2.05, 4.69) is 20.8 Å². The van der Waals surface area contributed by atoms with Crippen molar-refractivity contribution in [2.24, 2.45) is 0 Å². The van der Waals surface area contributed by atoms with E-state index in [-0.39, 0.29) is 19.8 Å². The number of esters is 2. The van der Waals surface area contributed by atoms with Gasteiger partial charge in [-0.05, 0) is 24.3 Å². The lowest BCUT2D eigenvalue weighted by Crippen LogP contribution is -2.49. The van der Waals surface area contributed by atoms with Crippen LogP contribution in [0.3, 0.4) is 0 Å². The fraction of sp³-hybridized carbons (Fsp3) is 0.600. The highest BCUT2D eigenvalue weighted by atomic mass is 16.6. The van der Waals surface area contributed by atoms with E-state index in [0.29, 0.717) is 0 Å². The molecule has 0 spiro atoms. The molecule has 0 aliphatic carbocycles. The number of nitrogens with zero attached hydrogens (tertiary/aromatic N) is 4. The quantitative estimate of drug-likeness (QED) is 0.463. The van der Waals surface area contributed by atoms with E-state index >= 15 is 0 Å². The summed E-state index contributed by atoms with van der Waals surface area (Å²) in [4.78, 5) is 34.9. The van der Waals surface area contributed by atoms with Crippen LogP contribution in [0.2, 0.25) is 0 Å². The Bertz CT molecular complexity index is 443. The molecule has 0 unspecified atom stereocenters. The third-order valence-electron chi connectivity index (χ3n) is 2.05. The molecule has 10 heteroatoms. The van der Waals surface area contributed by atoms with Gasteiger partial charge in [-0.3, -0.25) is 4.79 Å². The van der Waals surface area contributed by atoms with Gasteiger partial charge >= 0.3 is 11.9 Å². The van der Waals surface area contributed by atoms with Gasteiger partial charge in [0.1, 0.15) is 12.9 Å². The van der Waals surface area contributed by atoms with E-state index in [1.165, 1.54) is 6.33 Å². The highest BCUT2D eigenvalue weighted by Gasteiger charge is 2.31. The maximum atomic E-state index is 11.7. The zero-order valence-corrected chi connectivity index (χ0v) is 11.1. The average Bonchev–Trinajstić information content (AvgIpc) is 2.89. The number of nitrogens with one attached hydrogen (secondary N) is 1. The zero-order valence-electron chi connectivity index (χ0n) is 11.1. The van der Waals surface area contributed by atoms with Crippen molar-refractivity contribution in [2.45, 2.75) is 26.4 Å². The van der Waals surface area contributed by atoms with Crippen LogP contribution in [0.5, 0.6) is 0 Å². The number of amides is 1. The van der Waals surface area contributed by atoms with Crippen LogP contribution in [0.4, 0.5) is 0 Å². The summed E-state index contributed by atoms with van der Waals surface area (Å²) in [6, 6.07) is -1.50. The molecular formula is C10H15N5O5. The molecule has 0 atom stereocenters. The van der Waals surface area contributed by atoms with Crippen LogP contribution in [0.15, 0.2) is 6.33 Å². The number of hydrogen-bond acceptors (Lipinski definition) is 8. The number of hydrogen-bond donors (Lipinski definition) is 1. The van der Waals surface area contributed by atoms with Crippen LogP contribution >= 0.6 is 0 Å². The van der Waals surface area contributed by atoms with Crippen LogP contribution in [0, 0.1) is 0 Å². The molecule has 1 aromatic rings. The SMILES string of the molecule is CCOC(=O)C(NC(=O)Cn1cnnn1)C(=O)OCC. The van der Waals surface area contributed by atoms with E-state index in [1.807, 2.05) is 0 Å². The first-order valence-electron chi connectivity index (χ1n) is 5.91. The summed E-state index contributed by atoms with van der Waals surface area (Å²) >= 11 is 0. The summed E-state index contributed by atoms with van der Waals surface area (Å²) in [7, 11) is 0. The molecular weight excluding hydrogens is 270 g/mol. The molecule has 0 bridgehead atoms. The average molecular weight is 285 g/mol. The fourth-order valence-electron chi connectivity index (χ4n) is 1.27. The van der Waals surface area contributed by atoms with Crippen molar-refractivity contribution in [3.8, 4) is 0 Å². The summed E-state index contributed by atoms with van der Waals surface area (Å²) in [6.45, 7) is 3.10. The van der Waals surface area contributed by atoms with Gasteiger partial charge in [0.25, 0.3) is 0 Å². The zero-order chi connectivity index (χ0) is 15.0. The Morgan fingerprint density at radius 3 is 2.25 bits per heavy atom. The maximum Gasteiger partial charge on any atom is 0.340 e. The Morgan fingerprint density at radius 1 is 1.20 bits per heavy atom. The van der Waals surface area contributed by atoms with Gasteiger partial charge in [0.05, 0.1) is 13.2 Å². The van der Waals surface area contributed by atoms with Crippen molar-refractivity contribution >= 4 is 17.8 Å². The number of carbonyl (C=O) groups excluding carboxylic acids is 3. The van der Waals surface area contributed by atoms with Crippen LogP contribution in [-0.4, -0.2) is 57.3 Å². The van der Waals surface area contributed by atoms with Crippen molar-refractivity contribution in [3.05, 3.63) is 6.33 Å². The molecule has 0 aliphatic rings. The highest BCUT2D eigenvalue weighted by molar-refractivity contribution is 6.02. The summed E-state index contributed by atoms with van der Waals surface area (Å²) in [5.41, 5.74) is 0. The van der Waals surface area contributed by atoms with Crippen molar-refractivity contribution in [2.75, 3.05) is 13.2 Å². The Hall–Kier alpha value is -2.52. The topological polar surface area (TPSA) is 125 Å². The van der Waals surface area contributed by atoms with Gasteiger partial charge < -0.3 is 14.8 Å². The molecule has 1 amide bonds. The molecule has 0 saturated carbocycles. The molecule has 0 radical (unpaired) electrons. The monoisotopic (exact) mass is 285 g/mol. The first-order valence-corrected chi connectivity index (χ1v) is 5.91. The number of carbonyl (C=O) groups is 3. The van der Waals surface area contributed by atoms with Crippen LogP contribution in [0.25, 0.3) is 0 Å². The standard InChI is InChI=1S/C10H15N5O5/c1-3-19-9(17)8(10(18)20-4-2)12-7(16)5-15-6-11-13-14-15/h6,8H,3-5H2,1-2H3,(H,12,16). The molecule has 0 aromatic carbocycles. The molecule has 1 rings (SSSR count). The van der Waals surface area contributed by atoms with Gasteiger partial charge in [0.15, 0.2) is 0 Å². The minimum absolute atomic E-state index is 0.0810. The fourth-order valence-corrected chi connectivity index (χ4v) is 1.27. The third kappa shape index (κ3) is 4.63. The Kier molecular flexibility index (Phi) is 6.07. The van der Waals surface area contributed by atoms with Crippen molar-refractivity contribution in [1.82, 2.24) is 25.5 Å². The van der Waals surface area contributed by atoms with E-state index in [0.717, 1.165) is 4.68 Å². The van der Waals surface area contributed by atoms with Gasteiger partial charge in [0, 0.05) is 0 Å². The van der Waals surface area contributed by atoms with E-state index in [1.54, 1.807) is 13.8 Å².